The van der Waals surface area contributed by atoms with E-state index in [1.165, 1.54) is 5.56 Å². The van der Waals surface area contributed by atoms with Crippen LogP contribution in [-0.2, 0) is 19.9 Å². The second-order valence-electron chi connectivity index (χ2n) is 5.24. The third kappa shape index (κ3) is 4.05. The second-order valence-corrected chi connectivity index (χ2v) is 5.64. The van der Waals surface area contributed by atoms with Crippen molar-refractivity contribution in [2.24, 2.45) is 7.05 Å². The summed E-state index contributed by atoms with van der Waals surface area (Å²) in [6.07, 6.45) is 8.49. The Bertz CT molecular complexity index is 579. The van der Waals surface area contributed by atoms with Crippen LogP contribution in [-0.4, -0.2) is 21.3 Å². The van der Waals surface area contributed by atoms with Crippen LogP contribution >= 0.6 is 11.6 Å². The number of rotatable bonds is 7. The Morgan fingerprint density at radius 2 is 2.19 bits per heavy atom. The van der Waals surface area contributed by atoms with Crippen LogP contribution in [0, 0.1) is 0 Å². The van der Waals surface area contributed by atoms with Crippen LogP contribution in [0.2, 0.25) is 5.02 Å². The van der Waals surface area contributed by atoms with Crippen LogP contribution in [0.25, 0.3) is 0 Å². The number of aryl methyl sites for hydroxylation is 2. The zero-order valence-corrected chi connectivity index (χ0v) is 13.7. The van der Waals surface area contributed by atoms with Crippen LogP contribution < -0.4 is 5.32 Å². The molecule has 0 radical (unpaired) electrons. The van der Waals surface area contributed by atoms with Gasteiger partial charge in [-0.3, -0.25) is 9.67 Å². The molecule has 1 N–H and O–H groups in total. The van der Waals surface area contributed by atoms with E-state index in [-0.39, 0.29) is 6.04 Å². The molecule has 4 nitrogen and oxygen atoms in total. The zero-order chi connectivity index (χ0) is 15.2. The fourth-order valence-electron chi connectivity index (χ4n) is 2.52. The summed E-state index contributed by atoms with van der Waals surface area (Å²) in [4.78, 5) is 4.06. The summed E-state index contributed by atoms with van der Waals surface area (Å²) in [7, 11) is 1.97. The first-order chi connectivity index (χ1) is 10.2. The number of halogens is 1. The number of hydrogen-bond donors (Lipinski definition) is 1. The van der Waals surface area contributed by atoms with E-state index >= 15 is 0 Å². The molecule has 2 aromatic rings. The molecule has 0 aromatic carbocycles. The monoisotopic (exact) mass is 306 g/mol. The van der Waals surface area contributed by atoms with Gasteiger partial charge in [0.25, 0.3) is 0 Å². The van der Waals surface area contributed by atoms with Gasteiger partial charge in [0.15, 0.2) is 0 Å². The summed E-state index contributed by atoms with van der Waals surface area (Å²) in [5.41, 5.74) is 3.53. The number of hydrogen-bond acceptors (Lipinski definition) is 3. The average molecular weight is 307 g/mol. The average Bonchev–Trinajstić information content (AvgIpc) is 2.86. The number of aromatic nitrogens is 3. The van der Waals surface area contributed by atoms with Crippen molar-refractivity contribution in [3.63, 3.8) is 0 Å². The van der Waals surface area contributed by atoms with Gasteiger partial charge in [-0.2, -0.15) is 5.10 Å². The van der Waals surface area contributed by atoms with Crippen molar-refractivity contribution >= 4 is 11.6 Å². The predicted molar refractivity (Wildman–Crippen MR) is 86.6 cm³/mol. The van der Waals surface area contributed by atoms with Gasteiger partial charge in [-0.05, 0) is 37.4 Å². The van der Waals surface area contributed by atoms with Gasteiger partial charge in [-0.1, -0.05) is 25.4 Å². The lowest BCUT2D eigenvalue weighted by atomic mass is 9.99. The molecular formula is C16H23ClN4. The van der Waals surface area contributed by atoms with E-state index in [2.05, 4.69) is 35.4 Å². The van der Waals surface area contributed by atoms with Crippen molar-refractivity contribution in [1.29, 1.82) is 0 Å². The van der Waals surface area contributed by atoms with Crippen molar-refractivity contribution in [2.75, 3.05) is 6.54 Å². The van der Waals surface area contributed by atoms with Gasteiger partial charge in [0, 0.05) is 37.2 Å². The summed E-state index contributed by atoms with van der Waals surface area (Å²) >= 11 is 6.26. The summed E-state index contributed by atoms with van der Waals surface area (Å²) in [5.74, 6) is 0. The minimum atomic E-state index is 0.230. The smallest absolute Gasteiger partial charge is 0.0669 e. The van der Waals surface area contributed by atoms with Crippen molar-refractivity contribution < 1.29 is 0 Å². The highest BCUT2D eigenvalue weighted by Crippen LogP contribution is 2.25. The van der Waals surface area contributed by atoms with Gasteiger partial charge in [0.1, 0.15) is 0 Å². The number of nitrogens with zero attached hydrogens (tertiary/aromatic N) is 3. The molecule has 0 aliphatic heterocycles. The Labute approximate surface area is 131 Å². The summed E-state index contributed by atoms with van der Waals surface area (Å²) in [6, 6.07) is 2.22. The topological polar surface area (TPSA) is 42.7 Å². The maximum Gasteiger partial charge on any atom is 0.0669 e. The molecule has 0 aliphatic carbocycles. The minimum Gasteiger partial charge on any atom is -0.310 e. The molecule has 0 saturated heterocycles. The molecule has 1 unspecified atom stereocenters. The Morgan fingerprint density at radius 1 is 1.38 bits per heavy atom. The number of pyridine rings is 1. The van der Waals surface area contributed by atoms with E-state index < -0.39 is 0 Å². The Balaban J connectivity index is 2.27. The first-order valence-electron chi connectivity index (χ1n) is 7.49. The van der Waals surface area contributed by atoms with E-state index in [9.17, 15) is 0 Å². The summed E-state index contributed by atoms with van der Waals surface area (Å²) in [6.45, 7) is 5.29. The van der Waals surface area contributed by atoms with Crippen LogP contribution in [0.3, 0.4) is 0 Å². The van der Waals surface area contributed by atoms with Gasteiger partial charge in [-0.15, -0.1) is 0 Å². The molecular weight excluding hydrogens is 284 g/mol. The maximum absolute atomic E-state index is 6.26. The van der Waals surface area contributed by atoms with Gasteiger partial charge < -0.3 is 5.32 Å². The molecule has 1 atom stereocenters. The molecule has 0 aliphatic rings. The molecule has 0 amide bonds. The highest BCUT2D eigenvalue weighted by atomic mass is 35.5. The fourth-order valence-corrected chi connectivity index (χ4v) is 2.72. The first-order valence-corrected chi connectivity index (χ1v) is 7.87. The largest absolute Gasteiger partial charge is 0.310 e. The molecule has 2 rings (SSSR count). The highest BCUT2D eigenvalue weighted by molar-refractivity contribution is 6.31. The van der Waals surface area contributed by atoms with E-state index in [4.69, 9.17) is 11.6 Å². The second kappa shape index (κ2) is 7.57. The molecule has 114 valence electrons. The Morgan fingerprint density at radius 3 is 2.86 bits per heavy atom. The fraction of sp³-hybridized carbons (Fsp3) is 0.500. The lowest BCUT2D eigenvalue weighted by Gasteiger charge is -2.19. The summed E-state index contributed by atoms with van der Waals surface area (Å²) in [5, 5.41) is 8.90. The molecule has 0 bridgehead atoms. The van der Waals surface area contributed by atoms with E-state index in [1.54, 1.807) is 12.4 Å². The lowest BCUT2D eigenvalue weighted by molar-refractivity contribution is 0.525. The third-order valence-electron chi connectivity index (χ3n) is 3.57. The van der Waals surface area contributed by atoms with E-state index in [0.29, 0.717) is 0 Å². The third-order valence-corrected chi connectivity index (χ3v) is 3.91. The molecule has 21 heavy (non-hydrogen) atoms. The quantitative estimate of drug-likeness (QED) is 0.853. The Kier molecular flexibility index (Phi) is 5.76. The molecule has 5 heteroatoms. The van der Waals surface area contributed by atoms with Gasteiger partial charge in [-0.25, -0.2) is 0 Å². The number of nitrogens with one attached hydrogen (secondary N) is 1. The van der Waals surface area contributed by atoms with Crippen LogP contribution in [0.1, 0.15) is 43.1 Å². The molecule has 2 aromatic heterocycles. The maximum atomic E-state index is 6.26. The molecule has 0 saturated carbocycles. The van der Waals surface area contributed by atoms with Gasteiger partial charge >= 0.3 is 0 Å². The van der Waals surface area contributed by atoms with E-state index in [1.807, 2.05) is 17.8 Å². The standard InChI is InChI=1S/C16H23ClN4/c1-4-7-19-16(9-12-6-8-18-10-14(12)17)13-11-21(3)20-15(13)5-2/h6,8,10-11,16,19H,4-5,7,9H2,1-3H3. The molecule has 2 heterocycles. The first kappa shape index (κ1) is 16.0. The zero-order valence-electron chi connectivity index (χ0n) is 12.9. The van der Waals surface area contributed by atoms with Crippen molar-refractivity contribution in [2.45, 2.75) is 39.2 Å². The van der Waals surface area contributed by atoms with Crippen molar-refractivity contribution in [3.05, 3.63) is 46.5 Å². The molecule has 0 fully saturated rings. The van der Waals surface area contributed by atoms with Crippen molar-refractivity contribution in [1.82, 2.24) is 20.1 Å². The van der Waals surface area contributed by atoms with Gasteiger partial charge in [0.2, 0.25) is 0 Å². The van der Waals surface area contributed by atoms with Crippen LogP contribution in [0.5, 0.6) is 0 Å². The lowest BCUT2D eigenvalue weighted by Crippen LogP contribution is -2.24. The van der Waals surface area contributed by atoms with Crippen LogP contribution in [0.4, 0.5) is 0 Å². The molecule has 0 spiro atoms. The minimum absolute atomic E-state index is 0.230. The highest BCUT2D eigenvalue weighted by Gasteiger charge is 2.18. The summed E-state index contributed by atoms with van der Waals surface area (Å²) < 4.78 is 1.89. The Hall–Kier alpha value is -1.39. The van der Waals surface area contributed by atoms with Gasteiger partial charge in [0.05, 0.1) is 10.7 Å². The van der Waals surface area contributed by atoms with E-state index in [0.717, 1.165) is 42.1 Å². The van der Waals surface area contributed by atoms with Crippen molar-refractivity contribution in [3.8, 4) is 0 Å². The van der Waals surface area contributed by atoms with Crippen LogP contribution in [0.15, 0.2) is 24.7 Å². The normalized spacial score (nSPS) is 12.6. The predicted octanol–water partition coefficient (Wildman–Crippen LogP) is 3.31. The SMILES string of the molecule is CCCNC(Cc1ccncc1Cl)c1cn(C)nc1CC.